The van der Waals surface area contributed by atoms with Gasteiger partial charge in [-0.25, -0.2) is 0 Å². The molecule has 0 rings (SSSR count). The van der Waals surface area contributed by atoms with E-state index in [-0.39, 0.29) is 11.8 Å². The Hall–Kier alpha value is -0.610. The van der Waals surface area contributed by atoms with E-state index in [1.165, 1.54) is 0 Å². The van der Waals surface area contributed by atoms with Crippen LogP contribution in [-0.4, -0.2) is 32.6 Å². The summed E-state index contributed by atoms with van der Waals surface area (Å²) >= 11 is 0. The molecule has 0 aliphatic rings. The van der Waals surface area contributed by atoms with Gasteiger partial charge < -0.3 is 16.4 Å². The van der Waals surface area contributed by atoms with Gasteiger partial charge in [-0.2, -0.15) is 0 Å². The smallest absolute Gasteiger partial charge is 0.223 e. The van der Waals surface area contributed by atoms with Crippen LogP contribution >= 0.6 is 0 Å². The number of rotatable bonds is 7. The number of nitrogens with two attached hydrogens (primary N) is 1. The van der Waals surface area contributed by atoms with Crippen molar-refractivity contribution in [2.75, 3.05) is 26.7 Å². The van der Waals surface area contributed by atoms with Gasteiger partial charge in [0.1, 0.15) is 0 Å². The zero-order valence-electron chi connectivity index (χ0n) is 8.60. The standard InChI is InChI=1S/C9H21N3O/c1-3-8(4-6-11-2)9(13)12-7-5-10/h8,11H,3-7,10H2,1-2H3,(H,12,13). The lowest BCUT2D eigenvalue weighted by atomic mass is 10.0. The molecule has 0 saturated heterocycles. The lowest BCUT2D eigenvalue weighted by molar-refractivity contribution is -0.125. The number of carbonyl (C=O) groups is 1. The summed E-state index contributed by atoms with van der Waals surface area (Å²) in [5, 5.41) is 5.84. The largest absolute Gasteiger partial charge is 0.355 e. The van der Waals surface area contributed by atoms with Crippen LogP contribution in [0.25, 0.3) is 0 Å². The van der Waals surface area contributed by atoms with E-state index in [0.29, 0.717) is 13.1 Å². The van der Waals surface area contributed by atoms with E-state index >= 15 is 0 Å². The topological polar surface area (TPSA) is 67.2 Å². The third-order valence-electron chi connectivity index (χ3n) is 2.05. The normalized spacial score (nSPS) is 12.5. The first-order valence-corrected chi connectivity index (χ1v) is 4.88. The van der Waals surface area contributed by atoms with Gasteiger partial charge in [0.2, 0.25) is 5.91 Å². The highest BCUT2D eigenvalue weighted by atomic mass is 16.1. The first-order valence-electron chi connectivity index (χ1n) is 4.88. The van der Waals surface area contributed by atoms with Crippen molar-refractivity contribution in [3.05, 3.63) is 0 Å². The summed E-state index contributed by atoms with van der Waals surface area (Å²) < 4.78 is 0. The summed E-state index contributed by atoms with van der Waals surface area (Å²) in [5.74, 6) is 0.252. The lowest BCUT2D eigenvalue weighted by Gasteiger charge is -2.13. The van der Waals surface area contributed by atoms with Gasteiger partial charge in [0.25, 0.3) is 0 Å². The summed E-state index contributed by atoms with van der Waals surface area (Å²) in [7, 11) is 1.89. The Kier molecular flexibility index (Phi) is 7.63. The van der Waals surface area contributed by atoms with Gasteiger partial charge in [-0.1, -0.05) is 6.92 Å². The molecule has 0 aromatic rings. The molecule has 0 aromatic heterocycles. The van der Waals surface area contributed by atoms with Crippen molar-refractivity contribution >= 4 is 5.91 Å². The van der Waals surface area contributed by atoms with E-state index in [1.807, 2.05) is 14.0 Å². The zero-order valence-corrected chi connectivity index (χ0v) is 8.60. The molecule has 1 unspecified atom stereocenters. The summed E-state index contributed by atoms with van der Waals surface area (Å²) in [5.41, 5.74) is 5.29. The molecule has 0 bridgehead atoms. The second kappa shape index (κ2) is 8.01. The minimum atomic E-state index is 0.124. The molecular formula is C9H21N3O. The van der Waals surface area contributed by atoms with Gasteiger partial charge >= 0.3 is 0 Å². The molecule has 1 atom stereocenters. The number of hydrogen-bond acceptors (Lipinski definition) is 3. The predicted octanol–water partition coefficient (Wildman–Crippen LogP) is -0.303. The first kappa shape index (κ1) is 12.4. The molecule has 0 saturated carbocycles. The molecule has 0 aromatic carbocycles. The summed E-state index contributed by atoms with van der Waals surface area (Å²) in [6, 6.07) is 0. The monoisotopic (exact) mass is 187 g/mol. The van der Waals surface area contributed by atoms with Crippen molar-refractivity contribution in [2.24, 2.45) is 11.7 Å². The molecule has 4 nitrogen and oxygen atoms in total. The number of nitrogens with one attached hydrogen (secondary N) is 2. The maximum Gasteiger partial charge on any atom is 0.223 e. The molecule has 0 fully saturated rings. The molecule has 0 spiro atoms. The molecule has 0 radical (unpaired) electrons. The Balaban J connectivity index is 3.71. The second-order valence-electron chi connectivity index (χ2n) is 3.08. The fourth-order valence-electron chi connectivity index (χ4n) is 1.18. The van der Waals surface area contributed by atoms with Crippen LogP contribution in [0.5, 0.6) is 0 Å². The van der Waals surface area contributed by atoms with Crippen LogP contribution < -0.4 is 16.4 Å². The number of amides is 1. The maximum absolute atomic E-state index is 11.4. The van der Waals surface area contributed by atoms with E-state index < -0.39 is 0 Å². The van der Waals surface area contributed by atoms with Crippen LogP contribution in [-0.2, 0) is 4.79 Å². The Morgan fingerprint density at radius 3 is 2.62 bits per heavy atom. The lowest BCUT2D eigenvalue weighted by Crippen LogP contribution is -2.35. The molecule has 4 heteroatoms. The summed E-state index contributed by atoms with van der Waals surface area (Å²) in [6.45, 7) is 4.00. The van der Waals surface area contributed by atoms with Crippen LogP contribution in [0, 0.1) is 5.92 Å². The van der Waals surface area contributed by atoms with Crippen LogP contribution in [0.3, 0.4) is 0 Å². The molecular weight excluding hydrogens is 166 g/mol. The van der Waals surface area contributed by atoms with E-state index in [2.05, 4.69) is 10.6 Å². The van der Waals surface area contributed by atoms with Gasteiger partial charge in [-0.05, 0) is 26.4 Å². The van der Waals surface area contributed by atoms with Gasteiger partial charge in [0.05, 0.1) is 0 Å². The van der Waals surface area contributed by atoms with Gasteiger partial charge in [-0.15, -0.1) is 0 Å². The Morgan fingerprint density at radius 2 is 2.15 bits per heavy atom. The Labute approximate surface area is 80.3 Å². The molecule has 0 heterocycles. The average molecular weight is 187 g/mol. The summed E-state index contributed by atoms with van der Waals surface area (Å²) in [4.78, 5) is 11.4. The second-order valence-corrected chi connectivity index (χ2v) is 3.08. The molecule has 78 valence electrons. The van der Waals surface area contributed by atoms with Gasteiger partial charge in [0.15, 0.2) is 0 Å². The molecule has 13 heavy (non-hydrogen) atoms. The minimum Gasteiger partial charge on any atom is -0.355 e. The van der Waals surface area contributed by atoms with E-state index in [0.717, 1.165) is 19.4 Å². The SMILES string of the molecule is CCC(CCNC)C(=O)NCCN. The summed E-state index contributed by atoms with van der Waals surface area (Å²) in [6.07, 6.45) is 1.78. The highest BCUT2D eigenvalue weighted by Crippen LogP contribution is 2.06. The van der Waals surface area contributed by atoms with E-state index in [4.69, 9.17) is 5.73 Å². The predicted molar refractivity (Wildman–Crippen MR) is 54.4 cm³/mol. The highest BCUT2D eigenvalue weighted by Gasteiger charge is 2.14. The molecule has 1 amide bonds. The third-order valence-corrected chi connectivity index (χ3v) is 2.05. The Morgan fingerprint density at radius 1 is 1.46 bits per heavy atom. The zero-order chi connectivity index (χ0) is 10.1. The van der Waals surface area contributed by atoms with Crippen LogP contribution in [0.15, 0.2) is 0 Å². The number of hydrogen-bond donors (Lipinski definition) is 3. The van der Waals surface area contributed by atoms with Crippen molar-refractivity contribution in [1.29, 1.82) is 0 Å². The van der Waals surface area contributed by atoms with Crippen molar-refractivity contribution in [2.45, 2.75) is 19.8 Å². The van der Waals surface area contributed by atoms with Crippen LogP contribution in [0.2, 0.25) is 0 Å². The van der Waals surface area contributed by atoms with Gasteiger partial charge in [-0.3, -0.25) is 4.79 Å². The third kappa shape index (κ3) is 5.60. The van der Waals surface area contributed by atoms with Crippen molar-refractivity contribution in [3.8, 4) is 0 Å². The fourth-order valence-corrected chi connectivity index (χ4v) is 1.18. The number of carbonyl (C=O) groups excluding carboxylic acids is 1. The average Bonchev–Trinajstić information content (AvgIpc) is 2.16. The van der Waals surface area contributed by atoms with Crippen molar-refractivity contribution < 1.29 is 4.79 Å². The van der Waals surface area contributed by atoms with Crippen LogP contribution in [0.1, 0.15) is 19.8 Å². The van der Waals surface area contributed by atoms with Gasteiger partial charge in [0, 0.05) is 19.0 Å². The van der Waals surface area contributed by atoms with Crippen molar-refractivity contribution in [1.82, 2.24) is 10.6 Å². The van der Waals surface area contributed by atoms with Crippen molar-refractivity contribution in [3.63, 3.8) is 0 Å². The molecule has 0 aliphatic heterocycles. The van der Waals surface area contributed by atoms with E-state index in [1.54, 1.807) is 0 Å². The van der Waals surface area contributed by atoms with E-state index in [9.17, 15) is 4.79 Å². The fraction of sp³-hybridized carbons (Fsp3) is 0.889. The molecule has 0 aliphatic carbocycles. The van der Waals surface area contributed by atoms with Crippen LogP contribution in [0.4, 0.5) is 0 Å². The first-order chi connectivity index (χ1) is 6.26. The quantitative estimate of drug-likeness (QED) is 0.512. The minimum absolute atomic E-state index is 0.124. The Bertz CT molecular complexity index is 139. The maximum atomic E-state index is 11.4. The molecule has 4 N–H and O–H groups in total. The highest BCUT2D eigenvalue weighted by molar-refractivity contribution is 5.78.